The number of hydroxylamine groups is 1. The molecule has 12 heteroatoms. The summed E-state index contributed by atoms with van der Waals surface area (Å²) >= 11 is 0. The van der Waals surface area contributed by atoms with E-state index in [0.29, 0.717) is 13.1 Å². The van der Waals surface area contributed by atoms with Crippen LogP contribution >= 0.6 is 0 Å². The van der Waals surface area contributed by atoms with Gasteiger partial charge in [0.2, 0.25) is 0 Å². The fourth-order valence-electron chi connectivity index (χ4n) is 3.12. The predicted molar refractivity (Wildman–Crippen MR) is 96.1 cm³/mol. The molecule has 1 aliphatic heterocycles. The monoisotopic (exact) mass is 415 g/mol. The first-order chi connectivity index (χ1) is 13.8. The number of ether oxygens (including phenoxy) is 1. The van der Waals surface area contributed by atoms with Gasteiger partial charge in [-0.3, -0.25) is 9.74 Å². The molecule has 1 aromatic carbocycles. The van der Waals surface area contributed by atoms with Gasteiger partial charge in [0.25, 0.3) is 0 Å². The van der Waals surface area contributed by atoms with Gasteiger partial charge in [-0.05, 0) is 35.0 Å². The number of aromatic nitrogens is 4. The van der Waals surface area contributed by atoms with Gasteiger partial charge in [-0.1, -0.05) is 12.1 Å². The zero-order chi connectivity index (χ0) is 20.9. The molecule has 29 heavy (non-hydrogen) atoms. The van der Waals surface area contributed by atoms with Crippen molar-refractivity contribution in [3.63, 3.8) is 0 Å². The summed E-state index contributed by atoms with van der Waals surface area (Å²) < 4.78 is 42.2. The van der Waals surface area contributed by atoms with E-state index >= 15 is 0 Å². The number of hydrazine groups is 1. The van der Waals surface area contributed by atoms with Gasteiger partial charge in [0, 0.05) is 39.8 Å². The Morgan fingerprint density at radius 2 is 1.83 bits per heavy atom. The van der Waals surface area contributed by atoms with Crippen molar-refractivity contribution in [1.82, 2.24) is 35.3 Å². The summed E-state index contributed by atoms with van der Waals surface area (Å²) in [7, 11) is 1.87. The van der Waals surface area contributed by atoms with Crippen LogP contribution in [0.5, 0.6) is 5.75 Å². The van der Waals surface area contributed by atoms with Gasteiger partial charge >= 0.3 is 6.36 Å². The minimum absolute atomic E-state index is 0.0982. The van der Waals surface area contributed by atoms with E-state index in [0.717, 1.165) is 31.7 Å². The quantitative estimate of drug-likeness (QED) is 0.602. The molecule has 9 nitrogen and oxygen atoms in total. The smallest absolute Gasteiger partial charge is 0.406 e. The van der Waals surface area contributed by atoms with E-state index in [1.54, 1.807) is 28.3 Å². The molecule has 0 saturated carbocycles. The SMILES string of the molecule is CC(Cn1cnnn1)ON(C)N1CCN(Cc2ccc(OC(F)(F)F)cc2)CC1. The van der Waals surface area contributed by atoms with Crippen molar-refractivity contribution in [3.8, 4) is 5.75 Å². The summed E-state index contributed by atoms with van der Waals surface area (Å²) in [6.07, 6.45) is -3.23. The van der Waals surface area contributed by atoms with E-state index < -0.39 is 6.36 Å². The van der Waals surface area contributed by atoms with Gasteiger partial charge < -0.3 is 4.74 Å². The molecule has 2 heterocycles. The maximum Gasteiger partial charge on any atom is 0.573 e. The molecule has 2 aromatic rings. The van der Waals surface area contributed by atoms with Crippen molar-refractivity contribution < 1.29 is 22.7 Å². The van der Waals surface area contributed by atoms with Gasteiger partial charge in [0.15, 0.2) is 0 Å². The normalized spacial score (nSPS) is 17.6. The lowest BCUT2D eigenvalue weighted by Gasteiger charge is -2.39. The van der Waals surface area contributed by atoms with E-state index in [-0.39, 0.29) is 11.9 Å². The van der Waals surface area contributed by atoms with Crippen molar-refractivity contribution in [2.75, 3.05) is 33.2 Å². The number of tetrazole rings is 1. The predicted octanol–water partition coefficient (Wildman–Crippen LogP) is 1.56. The minimum Gasteiger partial charge on any atom is -0.406 e. The summed E-state index contributed by atoms with van der Waals surface area (Å²) in [6, 6.07) is 5.99. The molecule has 1 fully saturated rings. The molecule has 1 unspecified atom stereocenters. The Morgan fingerprint density at radius 3 is 2.41 bits per heavy atom. The summed E-state index contributed by atoms with van der Waals surface area (Å²) in [5.41, 5.74) is 0.938. The second-order valence-electron chi connectivity index (χ2n) is 6.83. The highest BCUT2D eigenvalue weighted by Gasteiger charge is 2.31. The molecule has 0 N–H and O–H groups in total. The molecule has 1 atom stereocenters. The largest absolute Gasteiger partial charge is 0.573 e. The van der Waals surface area contributed by atoms with E-state index in [9.17, 15) is 13.2 Å². The van der Waals surface area contributed by atoms with Crippen LogP contribution in [0.1, 0.15) is 12.5 Å². The van der Waals surface area contributed by atoms with Gasteiger partial charge in [-0.15, -0.1) is 23.4 Å². The highest BCUT2D eigenvalue weighted by Crippen LogP contribution is 2.23. The Bertz CT molecular complexity index is 734. The standard InChI is InChI=1S/C17H24F3N7O2/c1-14(11-26-13-21-22-23-26)29-24(2)27-9-7-25(8-10-27)12-15-3-5-16(6-4-15)28-17(18,19)20/h3-6,13-14H,7-12H2,1-2H3. The summed E-state index contributed by atoms with van der Waals surface area (Å²) in [5.74, 6) is -0.208. The van der Waals surface area contributed by atoms with E-state index in [4.69, 9.17) is 4.84 Å². The number of nitrogens with zero attached hydrogens (tertiary/aromatic N) is 7. The topological polar surface area (TPSA) is 71.8 Å². The van der Waals surface area contributed by atoms with Crippen LogP contribution in [0.4, 0.5) is 13.2 Å². The average molecular weight is 415 g/mol. The maximum absolute atomic E-state index is 12.2. The Labute approximate surface area is 166 Å². The molecule has 0 radical (unpaired) electrons. The number of benzene rings is 1. The van der Waals surface area contributed by atoms with Crippen LogP contribution in [0.25, 0.3) is 0 Å². The first-order valence-electron chi connectivity index (χ1n) is 9.21. The summed E-state index contributed by atoms with van der Waals surface area (Å²) in [5, 5.41) is 14.9. The van der Waals surface area contributed by atoms with Crippen LogP contribution in [0.2, 0.25) is 0 Å². The van der Waals surface area contributed by atoms with Crippen LogP contribution in [-0.4, -0.2) is 81.0 Å². The van der Waals surface area contributed by atoms with E-state index in [2.05, 4.69) is 30.2 Å². The number of halogens is 3. The number of rotatable bonds is 8. The second kappa shape index (κ2) is 9.48. The van der Waals surface area contributed by atoms with Crippen molar-refractivity contribution in [3.05, 3.63) is 36.2 Å². The third-order valence-electron chi connectivity index (χ3n) is 4.48. The van der Waals surface area contributed by atoms with Crippen LogP contribution < -0.4 is 4.74 Å². The number of piperazine rings is 1. The van der Waals surface area contributed by atoms with Gasteiger partial charge in [-0.2, -0.15) is 0 Å². The lowest BCUT2D eigenvalue weighted by atomic mass is 10.2. The highest BCUT2D eigenvalue weighted by molar-refractivity contribution is 5.27. The Balaban J connectivity index is 1.40. The molecule has 0 spiro atoms. The van der Waals surface area contributed by atoms with Gasteiger partial charge in [0.05, 0.1) is 12.6 Å². The molecule has 160 valence electrons. The number of hydrogen-bond acceptors (Lipinski definition) is 8. The van der Waals surface area contributed by atoms with Crippen LogP contribution in [0.3, 0.4) is 0 Å². The molecule has 1 aliphatic rings. The number of hydrogen-bond donors (Lipinski definition) is 0. The van der Waals surface area contributed by atoms with Crippen molar-refractivity contribution in [1.29, 1.82) is 0 Å². The lowest BCUT2D eigenvalue weighted by Crippen LogP contribution is -2.52. The molecule has 3 rings (SSSR count). The molecule has 0 bridgehead atoms. The Kier molecular flexibility index (Phi) is 7.00. The van der Waals surface area contributed by atoms with Crippen LogP contribution in [0.15, 0.2) is 30.6 Å². The van der Waals surface area contributed by atoms with Crippen molar-refractivity contribution in [2.24, 2.45) is 0 Å². The second-order valence-corrected chi connectivity index (χ2v) is 6.83. The highest BCUT2D eigenvalue weighted by atomic mass is 19.4. The maximum atomic E-state index is 12.2. The average Bonchev–Trinajstić information content (AvgIpc) is 3.15. The summed E-state index contributed by atoms with van der Waals surface area (Å²) in [4.78, 5) is 8.13. The summed E-state index contributed by atoms with van der Waals surface area (Å²) in [6.45, 7) is 6.35. The molecular weight excluding hydrogens is 391 g/mol. The molecule has 0 aliphatic carbocycles. The molecular formula is C17H24F3N7O2. The van der Waals surface area contributed by atoms with Crippen molar-refractivity contribution in [2.45, 2.75) is 32.5 Å². The third kappa shape index (κ3) is 6.92. The molecule has 0 amide bonds. The fraction of sp³-hybridized carbons (Fsp3) is 0.588. The molecule has 1 saturated heterocycles. The first kappa shape index (κ1) is 21.4. The van der Waals surface area contributed by atoms with Crippen molar-refractivity contribution >= 4 is 0 Å². The Hall–Kier alpha value is -2.28. The third-order valence-corrected chi connectivity index (χ3v) is 4.48. The zero-order valence-electron chi connectivity index (χ0n) is 16.3. The lowest BCUT2D eigenvalue weighted by molar-refractivity contribution is -0.298. The van der Waals surface area contributed by atoms with Gasteiger partial charge in [0.1, 0.15) is 12.1 Å². The van der Waals surface area contributed by atoms with Crippen LogP contribution in [-0.2, 0) is 17.9 Å². The van der Waals surface area contributed by atoms with Crippen LogP contribution in [0, 0.1) is 0 Å². The van der Waals surface area contributed by atoms with E-state index in [1.165, 1.54) is 12.1 Å². The zero-order valence-corrected chi connectivity index (χ0v) is 16.3. The minimum atomic E-state index is -4.67. The van der Waals surface area contributed by atoms with Gasteiger partial charge in [-0.25, -0.2) is 9.69 Å². The Morgan fingerprint density at radius 1 is 1.14 bits per heavy atom. The fourth-order valence-corrected chi connectivity index (χ4v) is 3.12. The van der Waals surface area contributed by atoms with E-state index in [1.807, 2.05) is 14.0 Å². The number of alkyl halides is 3. The first-order valence-corrected chi connectivity index (χ1v) is 9.21. The molecule has 1 aromatic heterocycles.